The molecule has 0 bridgehead atoms. The molecule has 1 aromatic carbocycles. The van der Waals surface area contributed by atoms with E-state index in [0.29, 0.717) is 12.2 Å². The number of carbonyl (C=O) groups is 3. The summed E-state index contributed by atoms with van der Waals surface area (Å²) in [6.45, 7) is 3.11. The van der Waals surface area contributed by atoms with Gasteiger partial charge < -0.3 is 4.52 Å². The Morgan fingerprint density at radius 3 is 2.42 bits per heavy atom. The van der Waals surface area contributed by atoms with Crippen LogP contribution in [0.2, 0.25) is 0 Å². The van der Waals surface area contributed by atoms with Gasteiger partial charge in [0, 0.05) is 12.5 Å². The SMILES string of the molecule is CC(C)N1C(=O)C(=O)N(Cc2nc(Cc3ccccc3)no2)C1=O. The lowest BCUT2D eigenvalue weighted by molar-refractivity contribution is -0.144. The van der Waals surface area contributed by atoms with Crippen molar-refractivity contribution < 1.29 is 18.9 Å². The molecule has 1 saturated heterocycles. The summed E-state index contributed by atoms with van der Waals surface area (Å²) in [6.07, 6.45) is 0.475. The first-order chi connectivity index (χ1) is 11.5. The zero-order valence-electron chi connectivity index (χ0n) is 13.3. The normalized spacial score (nSPS) is 15.0. The molecule has 24 heavy (non-hydrogen) atoms. The summed E-state index contributed by atoms with van der Waals surface area (Å²) < 4.78 is 5.09. The molecular formula is C16H16N4O4. The minimum absolute atomic E-state index is 0.112. The van der Waals surface area contributed by atoms with Gasteiger partial charge in [-0.25, -0.2) is 9.69 Å². The van der Waals surface area contributed by atoms with Gasteiger partial charge in [-0.2, -0.15) is 4.98 Å². The van der Waals surface area contributed by atoms with E-state index in [1.165, 1.54) is 0 Å². The quantitative estimate of drug-likeness (QED) is 0.607. The summed E-state index contributed by atoms with van der Waals surface area (Å²) in [5, 5.41) is 3.84. The van der Waals surface area contributed by atoms with Crippen molar-refractivity contribution in [1.82, 2.24) is 19.9 Å². The Morgan fingerprint density at radius 2 is 1.79 bits per heavy atom. The van der Waals surface area contributed by atoms with Gasteiger partial charge in [-0.1, -0.05) is 35.5 Å². The van der Waals surface area contributed by atoms with Crippen LogP contribution in [0.15, 0.2) is 34.9 Å². The molecule has 0 N–H and O–H groups in total. The van der Waals surface area contributed by atoms with Crippen LogP contribution in [-0.4, -0.2) is 43.8 Å². The third-order valence-corrected chi connectivity index (χ3v) is 3.61. The van der Waals surface area contributed by atoms with Gasteiger partial charge in [-0.05, 0) is 19.4 Å². The number of carbonyl (C=O) groups excluding carboxylic acids is 3. The van der Waals surface area contributed by atoms with E-state index in [2.05, 4.69) is 10.1 Å². The zero-order valence-corrected chi connectivity index (χ0v) is 13.3. The van der Waals surface area contributed by atoms with Crippen molar-refractivity contribution in [3.8, 4) is 0 Å². The number of imide groups is 2. The third kappa shape index (κ3) is 2.90. The fourth-order valence-electron chi connectivity index (χ4n) is 2.46. The molecule has 2 heterocycles. The molecule has 0 saturated carbocycles. The highest BCUT2D eigenvalue weighted by atomic mass is 16.5. The van der Waals surface area contributed by atoms with Gasteiger partial charge in [0.1, 0.15) is 6.54 Å². The molecule has 8 nitrogen and oxygen atoms in total. The molecule has 0 radical (unpaired) electrons. The number of benzene rings is 1. The van der Waals surface area contributed by atoms with Gasteiger partial charge in [0.2, 0.25) is 5.89 Å². The molecule has 3 rings (SSSR count). The van der Waals surface area contributed by atoms with Gasteiger partial charge >= 0.3 is 17.8 Å². The van der Waals surface area contributed by atoms with E-state index in [-0.39, 0.29) is 12.4 Å². The van der Waals surface area contributed by atoms with Crippen LogP contribution in [0.5, 0.6) is 0 Å². The molecule has 4 amide bonds. The van der Waals surface area contributed by atoms with Crippen molar-refractivity contribution in [2.24, 2.45) is 0 Å². The van der Waals surface area contributed by atoms with Gasteiger partial charge in [0.05, 0.1) is 0 Å². The van der Waals surface area contributed by atoms with Crippen molar-refractivity contribution in [3.05, 3.63) is 47.6 Å². The van der Waals surface area contributed by atoms with E-state index in [1.807, 2.05) is 30.3 Å². The molecule has 0 atom stereocenters. The number of nitrogens with zero attached hydrogens (tertiary/aromatic N) is 4. The van der Waals surface area contributed by atoms with E-state index in [1.54, 1.807) is 13.8 Å². The van der Waals surface area contributed by atoms with Gasteiger partial charge in [-0.3, -0.25) is 14.5 Å². The average molecular weight is 328 g/mol. The van der Waals surface area contributed by atoms with Crippen LogP contribution >= 0.6 is 0 Å². The molecule has 1 aliphatic heterocycles. The fourth-order valence-corrected chi connectivity index (χ4v) is 2.46. The number of hydrogen-bond donors (Lipinski definition) is 0. The van der Waals surface area contributed by atoms with Crippen LogP contribution < -0.4 is 0 Å². The maximum absolute atomic E-state index is 12.2. The number of rotatable bonds is 5. The molecule has 1 aromatic heterocycles. The summed E-state index contributed by atoms with van der Waals surface area (Å²) in [6, 6.07) is 8.53. The Balaban J connectivity index is 1.72. The van der Waals surface area contributed by atoms with Gasteiger partial charge in [0.15, 0.2) is 5.82 Å². The molecule has 2 aromatic rings. The minimum atomic E-state index is -0.878. The van der Waals surface area contributed by atoms with Crippen LogP contribution in [0, 0.1) is 0 Å². The summed E-state index contributed by atoms with van der Waals surface area (Å²) in [5.41, 5.74) is 1.01. The Morgan fingerprint density at radius 1 is 1.08 bits per heavy atom. The van der Waals surface area contributed by atoms with Crippen LogP contribution in [0.3, 0.4) is 0 Å². The molecular weight excluding hydrogens is 312 g/mol. The summed E-state index contributed by atoms with van der Waals surface area (Å²) in [4.78, 5) is 41.9. The van der Waals surface area contributed by atoms with Gasteiger partial charge in [0.25, 0.3) is 0 Å². The molecule has 8 heteroatoms. The smallest absolute Gasteiger partial charge is 0.334 e. The molecule has 0 spiro atoms. The van der Waals surface area contributed by atoms with Crippen molar-refractivity contribution in [3.63, 3.8) is 0 Å². The van der Waals surface area contributed by atoms with Crippen molar-refractivity contribution >= 4 is 17.8 Å². The number of amides is 4. The number of urea groups is 1. The second-order valence-electron chi connectivity index (χ2n) is 5.71. The Kier molecular flexibility index (Phi) is 4.11. The number of hydrogen-bond acceptors (Lipinski definition) is 6. The maximum Gasteiger partial charge on any atom is 0.334 e. The highest BCUT2D eigenvalue weighted by Crippen LogP contribution is 2.18. The molecule has 0 unspecified atom stereocenters. The lowest BCUT2D eigenvalue weighted by Gasteiger charge is -2.17. The largest absolute Gasteiger partial charge is 0.337 e. The minimum Gasteiger partial charge on any atom is -0.337 e. The first-order valence-corrected chi connectivity index (χ1v) is 7.51. The van der Waals surface area contributed by atoms with E-state index in [9.17, 15) is 14.4 Å². The first kappa shape index (κ1) is 15.9. The maximum atomic E-state index is 12.2. The summed E-state index contributed by atoms with van der Waals surface area (Å²) in [5.74, 6) is -1.15. The monoisotopic (exact) mass is 328 g/mol. The van der Waals surface area contributed by atoms with Crippen LogP contribution in [0.1, 0.15) is 31.1 Å². The first-order valence-electron chi connectivity index (χ1n) is 7.51. The lowest BCUT2D eigenvalue weighted by Crippen LogP contribution is -2.37. The molecule has 124 valence electrons. The topological polar surface area (TPSA) is 96.6 Å². The Hall–Kier alpha value is -3.03. The predicted octanol–water partition coefficient (Wildman–Crippen LogP) is 1.36. The van der Waals surface area contributed by atoms with E-state index >= 15 is 0 Å². The summed E-state index contributed by atoms with van der Waals surface area (Å²) in [7, 11) is 0. The summed E-state index contributed by atoms with van der Waals surface area (Å²) >= 11 is 0. The van der Waals surface area contributed by atoms with Crippen LogP contribution in [0.25, 0.3) is 0 Å². The Labute approximate surface area is 138 Å². The van der Waals surface area contributed by atoms with E-state index in [4.69, 9.17) is 4.52 Å². The molecule has 0 aliphatic carbocycles. The van der Waals surface area contributed by atoms with Crippen LogP contribution in [-0.2, 0) is 22.6 Å². The van der Waals surface area contributed by atoms with Crippen molar-refractivity contribution in [2.75, 3.05) is 0 Å². The lowest BCUT2D eigenvalue weighted by atomic mass is 10.1. The highest BCUT2D eigenvalue weighted by molar-refractivity contribution is 6.44. The molecule has 1 fully saturated rings. The fraction of sp³-hybridized carbons (Fsp3) is 0.312. The number of aromatic nitrogens is 2. The average Bonchev–Trinajstić information content (AvgIpc) is 3.07. The van der Waals surface area contributed by atoms with E-state index in [0.717, 1.165) is 15.4 Å². The third-order valence-electron chi connectivity index (χ3n) is 3.61. The second kappa shape index (κ2) is 6.23. The van der Waals surface area contributed by atoms with Gasteiger partial charge in [-0.15, -0.1) is 0 Å². The zero-order chi connectivity index (χ0) is 17.3. The van der Waals surface area contributed by atoms with Crippen molar-refractivity contribution in [2.45, 2.75) is 32.9 Å². The standard InChI is InChI=1S/C16H16N4O4/c1-10(2)20-15(22)14(21)19(16(20)23)9-13-17-12(18-24-13)8-11-6-4-3-5-7-11/h3-7,10H,8-9H2,1-2H3. The highest BCUT2D eigenvalue weighted by Gasteiger charge is 2.46. The predicted molar refractivity (Wildman–Crippen MR) is 81.5 cm³/mol. The Bertz CT molecular complexity index is 784. The second-order valence-corrected chi connectivity index (χ2v) is 5.71. The van der Waals surface area contributed by atoms with Crippen molar-refractivity contribution in [1.29, 1.82) is 0 Å². The van der Waals surface area contributed by atoms with E-state index < -0.39 is 23.9 Å². The molecule has 1 aliphatic rings. The van der Waals surface area contributed by atoms with Crippen LogP contribution in [0.4, 0.5) is 4.79 Å².